The predicted octanol–water partition coefficient (Wildman–Crippen LogP) is 2.17. The fourth-order valence-corrected chi connectivity index (χ4v) is 1.54. The van der Waals surface area contributed by atoms with E-state index in [-0.39, 0.29) is 5.91 Å². The van der Waals surface area contributed by atoms with Crippen molar-refractivity contribution in [3.05, 3.63) is 30.3 Å². The first-order chi connectivity index (χ1) is 7.66. The number of hydrogen-bond donors (Lipinski definition) is 1. The standard InChI is InChI=1S/C13H20N2O/c1-3-4-10-15(13(16)11(2)14)12-8-6-5-7-9-12/h5-9,11H,3-4,10,14H2,1-2H3. The van der Waals surface area contributed by atoms with Crippen LogP contribution < -0.4 is 10.6 Å². The van der Waals surface area contributed by atoms with Crippen LogP contribution in [0.4, 0.5) is 5.69 Å². The Morgan fingerprint density at radius 2 is 2.00 bits per heavy atom. The smallest absolute Gasteiger partial charge is 0.243 e. The normalized spacial score (nSPS) is 12.2. The number of nitrogens with zero attached hydrogens (tertiary/aromatic N) is 1. The molecule has 2 N–H and O–H groups in total. The number of benzene rings is 1. The summed E-state index contributed by atoms with van der Waals surface area (Å²) >= 11 is 0. The van der Waals surface area contributed by atoms with Crippen molar-refractivity contribution in [1.29, 1.82) is 0 Å². The maximum atomic E-state index is 12.0. The molecule has 1 amide bonds. The largest absolute Gasteiger partial charge is 0.320 e. The lowest BCUT2D eigenvalue weighted by Crippen LogP contribution is -2.42. The highest BCUT2D eigenvalue weighted by Crippen LogP contribution is 2.15. The number of amides is 1. The molecule has 1 rings (SSSR count). The van der Waals surface area contributed by atoms with Crippen molar-refractivity contribution in [3.63, 3.8) is 0 Å². The topological polar surface area (TPSA) is 46.3 Å². The Morgan fingerprint density at radius 1 is 1.38 bits per heavy atom. The van der Waals surface area contributed by atoms with Gasteiger partial charge in [0, 0.05) is 12.2 Å². The predicted molar refractivity (Wildman–Crippen MR) is 67.4 cm³/mol. The SMILES string of the molecule is CCCCN(C(=O)C(C)N)c1ccccc1. The summed E-state index contributed by atoms with van der Waals surface area (Å²) in [6.45, 7) is 4.57. The molecule has 1 unspecified atom stereocenters. The van der Waals surface area contributed by atoms with Gasteiger partial charge in [0.1, 0.15) is 0 Å². The van der Waals surface area contributed by atoms with Crippen LogP contribution in [0.5, 0.6) is 0 Å². The summed E-state index contributed by atoms with van der Waals surface area (Å²) in [6, 6.07) is 9.24. The first-order valence-corrected chi connectivity index (χ1v) is 5.78. The molecule has 0 aliphatic carbocycles. The van der Waals surface area contributed by atoms with Gasteiger partial charge in [-0.2, -0.15) is 0 Å². The second kappa shape index (κ2) is 6.28. The Balaban J connectivity index is 2.83. The number of carbonyl (C=O) groups is 1. The van der Waals surface area contributed by atoms with E-state index < -0.39 is 6.04 Å². The Bertz CT molecular complexity index is 322. The van der Waals surface area contributed by atoms with Crippen molar-refractivity contribution in [3.8, 4) is 0 Å². The lowest BCUT2D eigenvalue weighted by atomic mass is 10.2. The van der Waals surface area contributed by atoms with Gasteiger partial charge in [-0.15, -0.1) is 0 Å². The molecule has 0 bridgehead atoms. The molecule has 0 radical (unpaired) electrons. The summed E-state index contributed by atoms with van der Waals surface area (Å²) in [7, 11) is 0. The van der Waals surface area contributed by atoms with Crippen LogP contribution in [-0.2, 0) is 4.79 Å². The van der Waals surface area contributed by atoms with Crippen molar-refractivity contribution in [1.82, 2.24) is 0 Å². The average molecular weight is 220 g/mol. The first-order valence-electron chi connectivity index (χ1n) is 5.78. The minimum atomic E-state index is -0.447. The maximum absolute atomic E-state index is 12.0. The Labute approximate surface area is 97.2 Å². The number of unbranched alkanes of at least 4 members (excludes halogenated alkanes) is 1. The van der Waals surface area contributed by atoms with Crippen molar-refractivity contribution in [2.75, 3.05) is 11.4 Å². The first kappa shape index (κ1) is 12.7. The highest BCUT2D eigenvalue weighted by Gasteiger charge is 2.18. The van der Waals surface area contributed by atoms with Crippen molar-refractivity contribution < 1.29 is 4.79 Å². The van der Waals surface area contributed by atoms with Crippen LogP contribution in [0.1, 0.15) is 26.7 Å². The fourth-order valence-electron chi connectivity index (χ4n) is 1.54. The summed E-state index contributed by atoms with van der Waals surface area (Å²) < 4.78 is 0. The molecule has 0 aromatic heterocycles. The van der Waals surface area contributed by atoms with Gasteiger partial charge in [-0.3, -0.25) is 4.79 Å². The van der Waals surface area contributed by atoms with E-state index in [1.165, 1.54) is 0 Å². The Kier molecular flexibility index (Phi) is 4.99. The summed E-state index contributed by atoms with van der Waals surface area (Å²) in [5, 5.41) is 0. The van der Waals surface area contributed by atoms with Gasteiger partial charge in [-0.25, -0.2) is 0 Å². The second-order valence-electron chi connectivity index (χ2n) is 3.97. The number of nitrogens with two attached hydrogens (primary N) is 1. The Hall–Kier alpha value is -1.35. The third-order valence-electron chi connectivity index (χ3n) is 2.46. The summed E-state index contributed by atoms with van der Waals surface area (Å²) in [6.07, 6.45) is 2.06. The Morgan fingerprint density at radius 3 is 2.50 bits per heavy atom. The number of para-hydroxylation sites is 1. The minimum Gasteiger partial charge on any atom is -0.320 e. The van der Waals surface area contributed by atoms with Gasteiger partial charge < -0.3 is 10.6 Å². The van der Waals surface area contributed by atoms with Crippen LogP contribution in [0.3, 0.4) is 0 Å². The van der Waals surface area contributed by atoms with E-state index in [9.17, 15) is 4.79 Å². The molecule has 0 aliphatic heterocycles. The number of rotatable bonds is 5. The second-order valence-corrected chi connectivity index (χ2v) is 3.97. The van der Waals surface area contributed by atoms with Gasteiger partial charge in [0.05, 0.1) is 6.04 Å². The molecule has 1 aromatic rings. The van der Waals surface area contributed by atoms with Crippen molar-refractivity contribution >= 4 is 11.6 Å². The van der Waals surface area contributed by atoms with E-state index in [2.05, 4.69) is 6.92 Å². The van der Waals surface area contributed by atoms with Gasteiger partial charge in [-0.1, -0.05) is 31.5 Å². The van der Waals surface area contributed by atoms with Crippen molar-refractivity contribution in [2.45, 2.75) is 32.7 Å². The lowest BCUT2D eigenvalue weighted by Gasteiger charge is -2.24. The summed E-state index contributed by atoms with van der Waals surface area (Å²) in [4.78, 5) is 13.7. The van der Waals surface area contributed by atoms with Crippen LogP contribution >= 0.6 is 0 Å². The molecule has 0 saturated heterocycles. The van der Waals surface area contributed by atoms with Gasteiger partial charge in [0.25, 0.3) is 0 Å². The highest BCUT2D eigenvalue weighted by molar-refractivity contribution is 5.96. The fraction of sp³-hybridized carbons (Fsp3) is 0.462. The molecule has 16 heavy (non-hydrogen) atoms. The van der Waals surface area contributed by atoms with Crippen LogP contribution in [-0.4, -0.2) is 18.5 Å². The van der Waals surface area contributed by atoms with Gasteiger partial charge >= 0.3 is 0 Å². The highest BCUT2D eigenvalue weighted by atomic mass is 16.2. The van der Waals surface area contributed by atoms with Gasteiger partial charge in [0.15, 0.2) is 0 Å². The number of hydrogen-bond acceptors (Lipinski definition) is 2. The molecule has 0 spiro atoms. The molecule has 0 aliphatic rings. The third kappa shape index (κ3) is 3.35. The monoisotopic (exact) mass is 220 g/mol. The summed E-state index contributed by atoms with van der Waals surface area (Å²) in [5.41, 5.74) is 6.58. The van der Waals surface area contributed by atoms with E-state index in [1.807, 2.05) is 30.3 Å². The summed E-state index contributed by atoms with van der Waals surface area (Å²) in [5.74, 6) is -0.0142. The molecule has 0 fully saturated rings. The van der Waals surface area contributed by atoms with Crippen molar-refractivity contribution in [2.24, 2.45) is 5.73 Å². The van der Waals surface area contributed by atoms with E-state index in [4.69, 9.17) is 5.73 Å². The van der Waals surface area contributed by atoms with Gasteiger partial charge in [0.2, 0.25) is 5.91 Å². The van der Waals surface area contributed by atoms with Crippen LogP contribution in [0.2, 0.25) is 0 Å². The molecule has 3 nitrogen and oxygen atoms in total. The van der Waals surface area contributed by atoms with Crippen LogP contribution in [0.25, 0.3) is 0 Å². The van der Waals surface area contributed by atoms with Crippen LogP contribution in [0, 0.1) is 0 Å². The van der Waals surface area contributed by atoms with E-state index in [0.717, 1.165) is 25.1 Å². The quantitative estimate of drug-likeness (QED) is 0.826. The zero-order valence-electron chi connectivity index (χ0n) is 10.0. The maximum Gasteiger partial charge on any atom is 0.243 e. The van der Waals surface area contributed by atoms with Gasteiger partial charge in [-0.05, 0) is 25.5 Å². The minimum absolute atomic E-state index is 0.0142. The number of anilines is 1. The molecule has 0 saturated carbocycles. The third-order valence-corrected chi connectivity index (χ3v) is 2.46. The zero-order valence-corrected chi connectivity index (χ0v) is 10.0. The average Bonchev–Trinajstić information content (AvgIpc) is 2.30. The van der Waals surface area contributed by atoms with Crippen LogP contribution in [0.15, 0.2) is 30.3 Å². The molecule has 1 atom stereocenters. The molecule has 1 aromatic carbocycles. The van der Waals surface area contributed by atoms with E-state index in [1.54, 1.807) is 11.8 Å². The molecule has 3 heteroatoms. The zero-order chi connectivity index (χ0) is 12.0. The molecule has 0 heterocycles. The molecular weight excluding hydrogens is 200 g/mol. The van der Waals surface area contributed by atoms with E-state index >= 15 is 0 Å². The number of carbonyl (C=O) groups excluding carboxylic acids is 1. The van der Waals surface area contributed by atoms with E-state index in [0.29, 0.717) is 0 Å². The molecule has 88 valence electrons. The molecular formula is C13H20N2O. The lowest BCUT2D eigenvalue weighted by molar-refractivity contribution is -0.119.